The molecule has 0 spiro atoms. The number of benzene rings is 25. The van der Waals surface area contributed by atoms with E-state index in [1.54, 1.807) is 0 Å². The van der Waals surface area contributed by atoms with Crippen molar-refractivity contribution in [2.75, 3.05) is 0 Å². The molecule has 0 N–H and O–H groups in total. The van der Waals surface area contributed by atoms with Gasteiger partial charge < -0.3 is 8.83 Å². The smallest absolute Gasteiger partial charge is 0.143 e. The standard InChI is InChI=1S/C46H28O.C44H26O.C36H22S/c1-2-12-31-26-35(21-20-29(31)10-1)45-40-18-7-5-16-38(40)44(39-17-6-8-19-41(39)45)34-14-9-13-32(27-34)33-23-24-37-42-25-22-30-11-3-4-15-36(30)46(42)47-43(37)28-33;1-2-11-30-26-42-40(23-29(30)10-1)39-25-32(21-22-41(39)45-42)44-36-15-7-5-13-34(36)43(35-14-6-8-16-37(35)44)31-20-19-28-18-17-27-9-3-4-12-33(27)38(28)24-31;1-2-10-23(11-3-1)35-28-14-6-8-16-30(28)36(31-17-9-7-15-29(31)35)26-18-19-27-32-20-24-12-4-5-13-25(24)21-34(32)37-33(27)22-26/h1-28H;1-26H;1-22H. The van der Waals surface area contributed by atoms with Gasteiger partial charge in [0.2, 0.25) is 0 Å². The van der Waals surface area contributed by atoms with Gasteiger partial charge in [-0.2, -0.15) is 0 Å². The molecule has 0 aliphatic rings. The first-order valence-electron chi connectivity index (χ1n) is 44.4. The predicted molar refractivity (Wildman–Crippen MR) is 555 cm³/mol. The zero-order valence-corrected chi connectivity index (χ0v) is 70.9. The van der Waals surface area contributed by atoms with Crippen molar-refractivity contribution < 1.29 is 8.83 Å². The second kappa shape index (κ2) is 30.1. The van der Waals surface area contributed by atoms with Gasteiger partial charge in [-0.25, -0.2) is 0 Å². The van der Waals surface area contributed by atoms with Crippen molar-refractivity contribution in [1.82, 2.24) is 0 Å². The van der Waals surface area contributed by atoms with Gasteiger partial charge in [0, 0.05) is 47.1 Å². The fourth-order valence-corrected chi connectivity index (χ4v) is 22.3. The van der Waals surface area contributed by atoms with Gasteiger partial charge in [-0.05, 0) is 281 Å². The van der Waals surface area contributed by atoms with Crippen LogP contribution in [0, 0.1) is 0 Å². The van der Waals surface area contributed by atoms with Gasteiger partial charge in [-0.3, -0.25) is 0 Å². The minimum absolute atomic E-state index is 0.912. The van der Waals surface area contributed by atoms with E-state index in [-0.39, 0.29) is 0 Å². The number of fused-ring (bicyclic) bond motifs is 23. The molecule has 28 aromatic rings. The van der Waals surface area contributed by atoms with Gasteiger partial charge >= 0.3 is 0 Å². The maximum Gasteiger partial charge on any atom is 0.143 e. The molecular weight excluding hydrogens is 1580 g/mol. The van der Waals surface area contributed by atoms with Gasteiger partial charge in [-0.15, -0.1) is 11.3 Å². The number of hydrogen-bond acceptors (Lipinski definition) is 3. The van der Waals surface area contributed by atoms with Crippen LogP contribution >= 0.6 is 11.3 Å². The lowest BCUT2D eigenvalue weighted by molar-refractivity contribution is 0.669. The molecule has 0 unspecified atom stereocenters. The van der Waals surface area contributed by atoms with E-state index in [9.17, 15) is 0 Å². The molecular formula is C126H76O2S. The minimum Gasteiger partial charge on any atom is -0.456 e. The quantitative estimate of drug-likeness (QED) is 0.117. The first-order chi connectivity index (χ1) is 63.9. The first-order valence-corrected chi connectivity index (χ1v) is 45.2. The van der Waals surface area contributed by atoms with E-state index in [0.29, 0.717) is 0 Å². The highest BCUT2D eigenvalue weighted by Crippen LogP contribution is 2.51. The summed E-state index contributed by atoms with van der Waals surface area (Å²) in [6, 6.07) is 168. The lowest BCUT2D eigenvalue weighted by atomic mass is 9.85. The molecule has 3 aromatic heterocycles. The third-order valence-electron chi connectivity index (χ3n) is 27.0. The number of furan rings is 2. The van der Waals surface area contributed by atoms with Crippen molar-refractivity contribution in [3.63, 3.8) is 0 Å². The summed E-state index contributed by atoms with van der Waals surface area (Å²) in [6.45, 7) is 0. The second-order valence-electron chi connectivity index (χ2n) is 34.2. The Bertz CT molecular complexity index is 9360. The lowest BCUT2D eigenvalue weighted by Gasteiger charge is -2.18. The van der Waals surface area contributed by atoms with E-state index in [4.69, 9.17) is 8.83 Å². The topological polar surface area (TPSA) is 26.3 Å². The molecule has 0 atom stereocenters. The number of rotatable bonds is 7. The molecule has 3 heterocycles. The summed E-state index contributed by atoms with van der Waals surface area (Å²) >= 11 is 1.90. The van der Waals surface area contributed by atoms with Gasteiger partial charge in [0.25, 0.3) is 0 Å². The van der Waals surface area contributed by atoms with Crippen molar-refractivity contribution in [3.05, 3.63) is 461 Å². The Morgan fingerprint density at radius 2 is 0.442 bits per heavy atom. The third kappa shape index (κ3) is 12.3. The summed E-state index contributed by atoms with van der Waals surface area (Å²) < 4.78 is 15.6. The largest absolute Gasteiger partial charge is 0.456 e. The van der Waals surface area contributed by atoms with Crippen LogP contribution in [0.5, 0.6) is 0 Å². The van der Waals surface area contributed by atoms with Crippen LogP contribution in [0.3, 0.4) is 0 Å². The van der Waals surface area contributed by atoms with Crippen LogP contribution in [0.4, 0.5) is 0 Å². The molecule has 0 radical (unpaired) electrons. The first kappa shape index (κ1) is 73.9. The summed E-state index contributed by atoms with van der Waals surface area (Å²) in [4.78, 5) is 0. The van der Waals surface area contributed by atoms with Crippen molar-refractivity contribution in [2.45, 2.75) is 0 Å². The highest BCUT2D eigenvalue weighted by molar-refractivity contribution is 7.26. The van der Waals surface area contributed by atoms with Gasteiger partial charge in [-0.1, -0.05) is 382 Å². The maximum absolute atomic E-state index is 6.54. The summed E-state index contributed by atoms with van der Waals surface area (Å²) in [5.74, 6) is 0. The summed E-state index contributed by atoms with van der Waals surface area (Å²) in [7, 11) is 0. The number of thiophene rings is 1. The molecule has 2 nitrogen and oxygen atoms in total. The molecule has 598 valence electrons. The molecule has 3 heteroatoms. The van der Waals surface area contributed by atoms with Gasteiger partial charge in [0.05, 0.1) is 0 Å². The van der Waals surface area contributed by atoms with Crippen LogP contribution in [-0.2, 0) is 0 Å². The summed E-state index contributed by atoms with van der Waals surface area (Å²) in [6.07, 6.45) is 0. The van der Waals surface area contributed by atoms with Crippen LogP contribution < -0.4 is 0 Å². The Labute approximate surface area is 746 Å². The van der Waals surface area contributed by atoms with E-state index < -0.39 is 0 Å². The van der Waals surface area contributed by atoms with Crippen LogP contribution in [0.1, 0.15) is 0 Å². The van der Waals surface area contributed by atoms with Gasteiger partial charge in [0.15, 0.2) is 0 Å². The van der Waals surface area contributed by atoms with E-state index in [0.717, 1.165) is 54.8 Å². The molecule has 0 bridgehead atoms. The molecule has 0 aliphatic carbocycles. The molecule has 0 amide bonds. The van der Waals surface area contributed by atoms with E-state index in [2.05, 4.69) is 461 Å². The Balaban J connectivity index is 0.000000103. The molecule has 0 saturated heterocycles. The van der Waals surface area contributed by atoms with Crippen LogP contribution in [0.2, 0.25) is 0 Å². The van der Waals surface area contributed by atoms with Crippen LogP contribution in [-0.4, -0.2) is 0 Å². The van der Waals surface area contributed by atoms with E-state index in [1.807, 2.05) is 11.3 Å². The Morgan fingerprint density at radius 1 is 0.124 bits per heavy atom. The Morgan fingerprint density at radius 3 is 1.00 bits per heavy atom. The fraction of sp³-hybridized carbons (Fsp3) is 0. The molecule has 28 rings (SSSR count). The number of hydrogen-bond donors (Lipinski definition) is 0. The van der Waals surface area contributed by atoms with Crippen molar-refractivity contribution in [3.8, 4) is 77.9 Å². The minimum atomic E-state index is 0.912. The zero-order valence-electron chi connectivity index (χ0n) is 70.1. The molecule has 0 fully saturated rings. The van der Waals surface area contributed by atoms with Crippen LogP contribution in [0.15, 0.2) is 470 Å². The molecule has 25 aromatic carbocycles. The predicted octanol–water partition coefficient (Wildman–Crippen LogP) is 36.7. The normalized spacial score (nSPS) is 11.9. The molecule has 0 saturated carbocycles. The van der Waals surface area contributed by atoms with Crippen LogP contribution in [0.25, 0.3) is 271 Å². The summed E-state index contributed by atoms with van der Waals surface area (Å²) in [5, 5.41) is 37.5. The SMILES string of the molecule is c1cc(-c2ccc3c(c2)oc2c4ccccc4ccc32)cc(-c2c3ccccc3c(-c3ccc4ccccc4c3)c3ccccc23)c1.c1ccc(-c2c3ccccc3c(-c3ccc4c(c3)sc3cc5ccccc5cc34)c3ccccc23)cc1.c1ccc2cc3c(cc2c1)oc1ccc(-c2c4ccccc4c(-c4ccc5ccc6ccccc6c5c4)c4ccccc24)cc13. The molecule has 0 aliphatic heterocycles. The average molecular weight is 1650 g/mol. The van der Waals surface area contributed by atoms with Crippen molar-refractivity contribution in [1.29, 1.82) is 0 Å². The monoisotopic (exact) mass is 1650 g/mol. The van der Waals surface area contributed by atoms with Gasteiger partial charge in [0.1, 0.15) is 22.3 Å². The van der Waals surface area contributed by atoms with Crippen molar-refractivity contribution >= 4 is 205 Å². The lowest BCUT2D eigenvalue weighted by Crippen LogP contribution is -1.91. The third-order valence-corrected chi connectivity index (χ3v) is 28.1. The highest BCUT2D eigenvalue weighted by Gasteiger charge is 2.24. The average Bonchev–Trinajstić information content (AvgIpc) is 0.840. The molecule has 129 heavy (non-hydrogen) atoms. The maximum atomic E-state index is 6.54. The highest BCUT2D eigenvalue weighted by atomic mass is 32.1. The Hall–Kier alpha value is -16.6. The second-order valence-corrected chi connectivity index (χ2v) is 35.3. The zero-order chi connectivity index (χ0) is 84.7. The van der Waals surface area contributed by atoms with Crippen molar-refractivity contribution in [2.24, 2.45) is 0 Å². The van der Waals surface area contributed by atoms with E-state index >= 15 is 0 Å². The van der Waals surface area contributed by atoms with E-state index in [1.165, 1.54) is 216 Å². The Kier molecular flexibility index (Phi) is 17.3. The fourth-order valence-electron chi connectivity index (χ4n) is 21.1. The summed E-state index contributed by atoms with van der Waals surface area (Å²) in [5.41, 5.74) is 21.1.